The standard InChI is InChI=1S/C16H13BrN4O5/c1-9-2-4-12(5-3-9)19-15(23)16(24)20-18-8-10-6-11(17)7-13(14(10)22)21(25)26/h2-8,22H,1H3,(H,19,23)(H,20,24)/b18-8+. The van der Waals surface area contributed by atoms with E-state index in [-0.39, 0.29) is 5.56 Å². The first-order chi connectivity index (χ1) is 12.3. The number of benzene rings is 2. The van der Waals surface area contributed by atoms with Crippen LogP contribution in [0.15, 0.2) is 46.0 Å². The second-order valence-electron chi connectivity index (χ2n) is 5.14. The zero-order valence-corrected chi connectivity index (χ0v) is 15.0. The second-order valence-corrected chi connectivity index (χ2v) is 6.05. The summed E-state index contributed by atoms with van der Waals surface area (Å²) in [4.78, 5) is 33.6. The Morgan fingerprint density at radius 1 is 1.23 bits per heavy atom. The third-order valence-corrected chi connectivity index (χ3v) is 3.62. The molecule has 0 unspecified atom stereocenters. The molecular formula is C16H13BrN4O5. The van der Waals surface area contributed by atoms with Crippen molar-refractivity contribution in [2.75, 3.05) is 5.32 Å². The number of nitro groups is 1. The minimum Gasteiger partial charge on any atom is -0.502 e. The number of phenolic OH excluding ortho intramolecular Hbond substituents is 1. The molecule has 2 aromatic rings. The van der Waals surface area contributed by atoms with Gasteiger partial charge in [0.25, 0.3) is 0 Å². The monoisotopic (exact) mass is 420 g/mol. The van der Waals surface area contributed by atoms with E-state index in [0.717, 1.165) is 17.8 Å². The summed E-state index contributed by atoms with van der Waals surface area (Å²) in [7, 11) is 0. The summed E-state index contributed by atoms with van der Waals surface area (Å²) >= 11 is 3.07. The van der Waals surface area contributed by atoms with Crippen molar-refractivity contribution in [1.29, 1.82) is 0 Å². The van der Waals surface area contributed by atoms with Gasteiger partial charge in [0.15, 0.2) is 0 Å². The van der Waals surface area contributed by atoms with E-state index in [1.165, 1.54) is 6.07 Å². The zero-order chi connectivity index (χ0) is 19.3. The number of anilines is 1. The van der Waals surface area contributed by atoms with Gasteiger partial charge in [-0.2, -0.15) is 5.10 Å². The maximum absolute atomic E-state index is 11.8. The molecule has 10 heteroatoms. The average molecular weight is 421 g/mol. The van der Waals surface area contributed by atoms with E-state index in [0.29, 0.717) is 10.2 Å². The number of nitrogens with one attached hydrogen (secondary N) is 2. The minimum atomic E-state index is -1.04. The summed E-state index contributed by atoms with van der Waals surface area (Å²) in [5.41, 5.74) is 2.89. The quantitative estimate of drug-likeness (QED) is 0.302. The fraction of sp³-hybridized carbons (Fsp3) is 0.0625. The van der Waals surface area contributed by atoms with E-state index >= 15 is 0 Å². The number of carbonyl (C=O) groups is 2. The number of hydrazone groups is 1. The Morgan fingerprint density at radius 2 is 1.88 bits per heavy atom. The van der Waals surface area contributed by atoms with Gasteiger partial charge < -0.3 is 10.4 Å². The van der Waals surface area contributed by atoms with Gasteiger partial charge >= 0.3 is 17.5 Å². The molecule has 0 aliphatic heterocycles. The molecule has 0 bridgehead atoms. The van der Waals surface area contributed by atoms with E-state index in [1.54, 1.807) is 24.3 Å². The number of halogens is 1. The highest BCUT2D eigenvalue weighted by atomic mass is 79.9. The van der Waals surface area contributed by atoms with Gasteiger partial charge in [-0.25, -0.2) is 5.43 Å². The third kappa shape index (κ3) is 4.86. The topological polar surface area (TPSA) is 134 Å². The lowest BCUT2D eigenvalue weighted by Crippen LogP contribution is -2.32. The van der Waals surface area contributed by atoms with Crippen molar-refractivity contribution in [2.45, 2.75) is 6.92 Å². The first-order valence-electron chi connectivity index (χ1n) is 7.16. The molecule has 2 amide bonds. The Hall–Kier alpha value is -3.27. The second kappa shape index (κ2) is 8.21. The molecule has 0 heterocycles. The normalized spacial score (nSPS) is 10.5. The molecule has 2 rings (SSSR count). The van der Waals surface area contributed by atoms with Crippen LogP contribution in [-0.4, -0.2) is 28.1 Å². The fourth-order valence-corrected chi connectivity index (χ4v) is 2.34. The lowest BCUT2D eigenvalue weighted by Gasteiger charge is -2.04. The number of hydrogen-bond donors (Lipinski definition) is 3. The number of aromatic hydroxyl groups is 1. The number of rotatable bonds is 4. The van der Waals surface area contributed by atoms with E-state index in [2.05, 4.69) is 26.3 Å². The Morgan fingerprint density at radius 3 is 2.50 bits per heavy atom. The lowest BCUT2D eigenvalue weighted by atomic mass is 10.2. The first kappa shape index (κ1) is 19.1. The number of hydrogen-bond acceptors (Lipinski definition) is 6. The van der Waals surface area contributed by atoms with Crippen LogP contribution in [0.1, 0.15) is 11.1 Å². The maximum atomic E-state index is 11.8. The molecule has 134 valence electrons. The molecule has 0 saturated heterocycles. The molecular weight excluding hydrogens is 408 g/mol. The number of phenols is 1. The van der Waals surface area contributed by atoms with Crippen LogP contribution in [0.2, 0.25) is 0 Å². The zero-order valence-electron chi connectivity index (χ0n) is 13.4. The van der Waals surface area contributed by atoms with Gasteiger partial charge in [-0.15, -0.1) is 0 Å². The van der Waals surface area contributed by atoms with Gasteiger partial charge in [0, 0.05) is 21.8 Å². The van der Waals surface area contributed by atoms with Crippen molar-refractivity contribution in [3.63, 3.8) is 0 Å². The predicted molar refractivity (Wildman–Crippen MR) is 98.0 cm³/mol. The summed E-state index contributed by atoms with van der Waals surface area (Å²) in [6.07, 6.45) is 0.990. The molecule has 0 radical (unpaired) electrons. The Balaban J connectivity index is 2.03. The first-order valence-corrected chi connectivity index (χ1v) is 7.95. The average Bonchev–Trinajstić information content (AvgIpc) is 2.59. The van der Waals surface area contributed by atoms with Crippen LogP contribution < -0.4 is 10.7 Å². The van der Waals surface area contributed by atoms with Crippen LogP contribution in [0.25, 0.3) is 0 Å². The van der Waals surface area contributed by atoms with Gasteiger partial charge in [0.05, 0.1) is 11.1 Å². The molecule has 26 heavy (non-hydrogen) atoms. The summed E-state index contributed by atoms with van der Waals surface area (Å²) in [6, 6.07) is 9.32. The van der Waals surface area contributed by atoms with Crippen molar-refractivity contribution >= 4 is 45.3 Å². The Bertz CT molecular complexity index is 896. The summed E-state index contributed by atoms with van der Waals surface area (Å²) in [5.74, 6) is -2.58. The van der Waals surface area contributed by atoms with Gasteiger partial charge in [-0.3, -0.25) is 19.7 Å². The Kier molecular flexibility index (Phi) is 6.02. The molecule has 2 aromatic carbocycles. The van der Waals surface area contributed by atoms with Crippen LogP contribution in [0.5, 0.6) is 5.75 Å². The van der Waals surface area contributed by atoms with Crippen LogP contribution in [0, 0.1) is 17.0 Å². The number of amides is 2. The van der Waals surface area contributed by atoms with Crippen LogP contribution in [-0.2, 0) is 9.59 Å². The van der Waals surface area contributed by atoms with Crippen LogP contribution in [0.3, 0.4) is 0 Å². The van der Waals surface area contributed by atoms with Crippen molar-refractivity contribution in [1.82, 2.24) is 5.43 Å². The van der Waals surface area contributed by atoms with E-state index < -0.39 is 28.2 Å². The predicted octanol–water partition coefficient (Wildman–Crippen LogP) is 2.46. The summed E-state index contributed by atoms with van der Waals surface area (Å²) in [6.45, 7) is 1.88. The largest absolute Gasteiger partial charge is 0.502 e. The fourth-order valence-electron chi connectivity index (χ4n) is 1.88. The van der Waals surface area contributed by atoms with Crippen molar-refractivity contribution in [3.8, 4) is 5.75 Å². The van der Waals surface area contributed by atoms with Crippen LogP contribution >= 0.6 is 15.9 Å². The van der Waals surface area contributed by atoms with E-state index in [9.17, 15) is 24.8 Å². The molecule has 0 spiro atoms. The van der Waals surface area contributed by atoms with Crippen LogP contribution in [0.4, 0.5) is 11.4 Å². The smallest absolute Gasteiger partial charge is 0.329 e. The van der Waals surface area contributed by atoms with E-state index in [1.807, 2.05) is 12.3 Å². The molecule has 0 atom stereocenters. The molecule has 0 aliphatic carbocycles. The highest BCUT2D eigenvalue weighted by molar-refractivity contribution is 9.10. The van der Waals surface area contributed by atoms with Crippen molar-refractivity contribution < 1.29 is 19.6 Å². The number of aryl methyl sites for hydroxylation is 1. The molecule has 0 saturated carbocycles. The highest BCUT2D eigenvalue weighted by Crippen LogP contribution is 2.32. The molecule has 0 aromatic heterocycles. The third-order valence-electron chi connectivity index (χ3n) is 3.17. The number of nitrogens with zero attached hydrogens (tertiary/aromatic N) is 2. The summed E-state index contributed by atoms with van der Waals surface area (Å²) in [5, 5.41) is 26.6. The lowest BCUT2D eigenvalue weighted by molar-refractivity contribution is -0.385. The summed E-state index contributed by atoms with van der Waals surface area (Å²) < 4.78 is 0.340. The molecule has 9 nitrogen and oxygen atoms in total. The maximum Gasteiger partial charge on any atom is 0.329 e. The van der Waals surface area contributed by atoms with Gasteiger partial charge in [0.2, 0.25) is 5.75 Å². The molecule has 0 fully saturated rings. The van der Waals surface area contributed by atoms with Gasteiger partial charge in [0.1, 0.15) is 0 Å². The van der Waals surface area contributed by atoms with Gasteiger partial charge in [-0.1, -0.05) is 33.6 Å². The number of carbonyl (C=O) groups excluding carboxylic acids is 2. The molecule has 3 N–H and O–H groups in total. The SMILES string of the molecule is Cc1ccc(NC(=O)C(=O)N/N=C/c2cc(Br)cc([N+](=O)[O-])c2O)cc1. The van der Waals surface area contributed by atoms with Gasteiger partial charge in [-0.05, 0) is 25.1 Å². The number of nitro benzene ring substituents is 1. The van der Waals surface area contributed by atoms with E-state index in [4.69, 9.17) is 0 Å². The van der Waals surface area contributed by atoms with Crippen molar-refractivity contribution in [2.24, 2.45) is 5.10 Å². The Labute approximate surface area is 156 Å². The van der Waals surface area contributed by atoms with Crippen molar-refractivity contribution in [3.05, 3.63) is 62.1 Å². The minimum absolute atomic E-state index is 0.00897. The molecule has 0 aliphatic rings. The highest BCUT2D eigenvalue weighted by Gasteiger charge is 2.18.